The number of para-hydroxylation sites is 1. The van der Waals surface area contributed by atoms with E-state index in [4.69, 9.17) is 4.12 Å². The highest BCUT2D eigenvalue weighted by molar-refractivity contribution is 8.06. The summed E-state index contributed by atoms with van der Waals surface area (Å²) in [4.78, 5) is 4.53. The van der Waals surface area contributed by atoms with Gasteiger partial charge < -0.3 is 9.10 Å². The molecule has 0 bridgehead atoms. The number of aromatic nitrogens is 2. The summed E-state index contributed by atoms with van der Waals surface area (Å²) in [5.74, 6) is 0.726. The van der Waals surface area contributed by atoms with Crippen molar-refractivity contribution >= 4 is 45.7 Å². The third-order valence-corrected chi connectivity index (χ3v) is 21.3. The van der Waals surface area contributed by atoms with E-state index in [1.165, 1.54) is 44.3 Å². The van der Waals surface area contributed by atoms with Gasteiger partial charge in [-0.3, -0.25) is 0 Å². The number of hydrogen-bond acceptors (Lipinski definition) is 2. The largest absolute Gasteiger partial charge is 0.452 e. The lowest BCUT2D eigenvalue weighted by Gasteiger charge is -2.42. The number of nitrogens with one attached hydrogen (secondary N) is 1. The van der Waals surface area contributed by atoms with Crippen LogP contribution in [0.15, 0.2) is 78.9 Å². The highest BCUT2D eigenvalue weighted by Crippen LogP contribution is 2.48. The number of benzene rings is 3. The quantitative estimate of drug-likeness (QED) is 0.0936. The SMILES string of the molecule is Cc1c(C)[n+](C(C)C)c([Si@@](Nc2c(C(C)C)cccc2C(C)C)(O[Si](C)(C)C)P(c2ccccc2)c2ccccc2)n1C(C)C. The van der Waals surface area contributed by atoms with Crippen molar-refractivity contribution in [2.45, 2.75) is 113 Å². The Labute approximate surface area is 277 Å². The Kier molecular flexibility index (Phi) is 11.1. The van der Waals surface area contributed by atoms with Crippen molar-refractivity contribution in [3.63, 3.8) is 0 Å². The summed E-state index contributed by atoms with van der Waals surface area (Å²) in [7, 11) is -6.43. The summed E-state index contributed by atoms with van der Waals surface area (Å²) in [6.07, 6.45) is 0. The van der Waals surface area contributed by atoms with Gasteiger partial charge in [0.2, 0.25) is 0 Å². The highest BCUT2D eigenvalue weighted by atomic mass is 31.4. The Morgan fingerprint density at radius 3 is 1.53 bits per heavy atom. The van der Waals surface area contributed by atoms with Gasteiger partial charge in [-0.15, -0.1) is 0 Å². The Morgan fingerprint density at radius 1 is 0.689 bits per heavy atom. The third kappa shape index (κ3) is 7.25. The first-order valence-corrected chi connectivity index (χ1v) is 24.3. The zero-order valence-electron chi connectivity index (χ0n) is 30.1. The average molecular weight is 659 g/mol. The fraction of sp³-hybridized carbons (Fsp3) is 0.447. The van der Waals surface area contributed by atoms with Gasteiger partial charge >= 0.3 is 8.15 Å². The first kappa shape index (κ1) is 35.3. The minimum atomic E-state index is -3.24. The molecule has 1 atom stereocenters. The fourth-order valence-corrected chi connectivity index (χ4v) is 24.0. The van der Waals surface area contributed by atoms with Crippen LogP contribution in [0.4, 0.5) is 5.69 Å². The summed E-state index contributed by atoms with van der Waals surface area (Å²) in [5.41, 5.74) is 7.99. The van der Waals surface area contributed by atoms with Gasteiger partial charge in [0.15, 0.2) is 8.32 Å². The minimum absolute atomic E-state index is 0.269. The van der Waals surface area contributed by atoms with Crippen LogP contribution in [0.2, 0.25) is 19.6 Å². The van der Waals surface area contributed by atoms with Crippen LogP contribution in [0.5, 0.6) is 0 Å². The molecule has 0 aliphatic carbocycles. The molecule has 1 heterocycles. The van der Waals surface area contributed by atoms with Gasteiger partial charge in [0.05, 0.1) is 12.1 Å². The standard InChI is InChI=1S/C38H57N3OPSi2/c1-27(2)35-25-20-26-36(28(3)4)37(35)39-45(42-44(11,12)13,38-40(29(5)6)31(9)32(10)41(38)30(7)8)43(33-21-16-14-17-22-33)34-23-18-15-19-24-34/h14-30,39H,1-13H3/q+1/t45-/m1/s1. The minimum Gasteiger partial charge on any atom is -0.429 e. The molecule has 0 saturated carbocycles. The molecule has 0 aliphatic heterocycles. The van der Waals surface area contributed by atoms with Crippen LogP contribution in [0, 0.1) is 13.8 Å². The molecule has 4 rings (SSSR count). The Hall–Kier alpha value is -2.51. The van der Waals surface area contributed by atoms with Crippen LogP contribution in [-0.4, -0.2) is 21.0 Å². The van der Waals surface area contributed by atoms with Crippen LogP contribution in [0.25, 0.3) is 0 Å². The van der Waals surface area contributed by atoms with Crippen molar-refractivity contribution in [1.29, 1.82) is 0 Å². The zero-order chi connectivity index (χ0) is 33.3. The van der Waals surface area contributed by atoms with Gasteiger partial charge in [0.25, 0.3) is 5.45 Å². The maximum Gasteiger partial charge on any atom is 0.452 e. The van der Waals surface area contributed by atoms with Crippen molar-refractivity contribution in [2.75, 3.05) is 4.98 Å². The van der Waals surface area contributed by atoms with E-state index in [0.29, 0.717) is 11.8 Å². The smallest absolute Gasteiger partial charge is 0.429 e. The van der Waals surface area contributed by atoms with Crippen molar-refractivity contribution in [3.8, 4) is 0 Å². The summed E-state index contributed by atoms with van der Waals surface area (Å²) in [5, 5.41) is 2.71. The van der Waals surface area contributed by atoms with E-state index in [-0.39, 0.29) is 12.1 Å². The molecule has 7 heteroatoms. The summed E-state index contributed by atoms with van der Waals surface area (Å²) >= 11 is 0. The second-order valence-corrected chi connectivity index (χ2v) is 26.5. The molecule has 4 nitrogen and oxygen atoms in total. The maximum absolute atomic E-state index is 8.06. The lowest BCUT2D eigenvalue weighted by molar-refractivity contribution is -0.705. The topological polar surface area (TPSA) is 30.1 Å². The van der Waals surface area contributed by atoms with E-state index >= 15 is 0 Å². The molecule has 0 saturated heterocycles. The van der Waals surface area contributed by atoms with Crippen LogP contribution in [0.3, 0.4) is 0 Å². The zero-order valence-corrected chi connectivity index (χ0v) is 33.0. The molecule has 0 fully saturated rings. The number of nitrogens with zero attached hydrogens (tertiary/aromatic N) is 2. The van der Waals surface area contributed by atoms with E-state index < -0.39 is 23.9 Å². The monoisotopic (exact) mass is 658 g/mol. The molecule has 0 spiro atoms. The summed E-state index contributed by atoms with van der Waals surface area (Å²) < 4.78 is 13.3. The molecule has 4 aromatic rings. The molecule has 1 aromatic heterocycles. The van der Waals surface area contributed by atoms with Crippen molar-refractivity contribution < 1.29 is 8.68 Å². The van der Waals surface area contributed by atoms with Gasteiger partial charge in [-0.1, -0.05) is 107 Å². The lowest BCUT2D eigenvalue weighted by Crippen LogP contribution is -2.74. The highest BCUT2D eigenvalue weighted by Gasteiger charge is 2.61. The van der Waals surface area contributed by atoms with Gasteiger partial charge in [-0.2, -0.15) is 0 Å². The second kappa shape index (κ2) is 14.1. The van der Waals surface area contributed by atoms with Crippen molar-refractivity contribution in [2.24, 2.45) is 0 Å². The molecule has 0 aliphatic rings. The Morgan fingerprint density at radius 2 is 1.16 bits per heavy atom. The number of imidazole rings is 1. The van der Waals surface area contributed by atoms with E-state index in [9.17, 15) is 0 Å². The first-order valence-electron chi connectivity index (χ1n) is 16.8. The third-order valence-electron chi connectivity index (χ3n) is 8.50. The molecule has 0 radical (unpaired) electrons. The van der Waals surface area contributed by atoms with E-state index in [1.807, 2.05) is 0 Å². The maximum atomic E-state index is 8.06. The second-order valence-electron chi connectivity index (χ2n) is 14.5. The Bertz CT molecular complexity index is 1480. The van der Waals surface area contributed by atoms with Crippen LogP contribution in [0.1, 0.15) is 102 Å². The lowest BCUT2D eigenvalue weighted by atomic mass is 9.93. The Balaban J connectivity index is 2.33. The summed E-state index contributed by atoms with van der Waals surface area (Å²) in [6, 6.07) is 29.9. The molecule has 3 aromatic carbocycles. The van der Waals surface area contributed by atoms with Gasteiger partial charge in [-0.05, 0) is 80.9 Å². The van der Waals surface area contributed by atoms with Crippen LogP contribution in [-0.2, 0) is 4.12 Å². The molecule has 45 heavy (non-hydrogen) atoms. The summed E-state index contributed by atoms with van der Waals surface area (Å²) in [6.45, 7) is 30.4. The predicted molar refractivity (Wildman–Crippen MR) is 202 cm³/mol. The van der Waals surface area contributed by atoms with E-state index in [0.717, 1.165) is 0 Å². The molecular formula is C38H57N3OPSi2+. The van der Waals surface area contributed by atoms with Crippen LogP contribution >= 0.6 is 7.47 Å². The molecule has 0 amide bonds. The van der Waals surface area contributed by atoms with Gasteiger partial charge in [0.1, 0.15) is 11.4 Å². The average Bonchev–Trinajstić information content (AvgIpc) is 3.24. The number of anilines is 1. The first-order chi connectivity index (χ1) is 21.1. The fourth-order valence-electron chi connectivity index (χ4n) is 6.68. The van der Waals surface area contributed by atoms with Gasteiger partial charge in [-0.25, -0.2) is 9.13 Å². The molecule has 0 unspecified atom stereocenters. The normalized spacial score (nSPS) is 13.8. The van der Waals surface area contributed by atoms with Crippen molar-refractivity contribution in [3.05, 3.63) is 101 Å². The number of hydrogen-bond donors (Lipinski definition) is 1. The van der Waals surface area contributed by atoms with Crippen molar-refractivity contribution in [1.82, 2.24) is 4.57 Å². The molecule has 1 N–H and O–H groups in total. The van der Waals surface area contributed by atoms with E-state index in [2.05, 4.69) is 182 Å². The predicted octanol–water partition coefficient (Wildman–Crippen LogP) is 9.04. The van der Waals surface area contributed by atoms with E-state index in [1.54, 1.807) is 0 Å². The number of rotatable bonds is 12. The molecule has 242 valence electrons. The molecular weight excluding hydrogens is 602 g/mol. The van der Waals surface area contributed by atoms with Crippen LogP contribution < -0.4 is 25.6 Å². The van der Waals surface area contributed by atoms with Gasteiger partial charge in [0, 0.05) is 27.0 Å².